The van der Waals surface area contributed by atoms with Gasteiger partial charge in [0, 0.05) is 12.1 Å². The number of ether oxygens (including phenoxy) is 1. The number of hydrazone groups is 1. The molecule has 1 aromatic heterocycles. The van der Waals surface area contributed by atoms with Crippen molar-refractivity contribution in [2.75, 3.05) is 13.2 Å². The molecule has 0 aliphatic carbocycles. The quantitative estimate of drug-likeness (QED) is 0.257. The number of nitrogens with zero attached hydrogens (tertiary/aromatic N) is 3. The van der Waals surface area contributed by atoms with Gasteiger partial charge in [-0.25, -0.2) is 0 Å². The van der Waals surface area contributed by atoms with Crippen LogP contribution in [0.4, 0.5) is 5.69 Å². The van der Waals surface area contributed by atoms with Crippen molar-refractivity contribution in [3.63, 3.8) is 0 Å². The van der Waals surface area contributed by atoms with Crippen LogP contribution in [0.3, 0.4) is 0 Å². The Bertz CT molecular complexity index is 579. The van der Waals surface area contributed by atoms with E-state index in [1.54, 1.807) is 18.6 Å². The molecular weight excluding hydrogens is 326 g/mol. The number of nitrogens with one attached hydrogen (secondary N) is 1. The van der Waals surface area contributed by atoms with Crippen LogP contribution in [0.15, 0.2) is 28.6 Å². The van der Waals surface area contributed by atoms with Crippen LogP contribution in [0, 0.1) is 5.92 Å². The van der Waals surface area contributed by atoms with E-state index < -0.39 is 0 Å². The van der Waals surface area contributed by atoms with Crippen molar-refractivity contribution in [2.45, 2.75) is 64.8 Å². The Hall–Kier alpha value is -1.95. The predicted octanol–water partition coefficient (Wildman–Crippen LogP) is 3.84. The van der Waals surface area contributed by atoms with Gasteiger partial charge in [0.25, 0.3) is 0 Å². The molecule has 3 N–H and O–H groups in total. The van der Waals surface area contributed by atoms with Gasteiger partial charge in [-0.1, -0.05) is 39.5 Å². The lowest BCUT2D eigenvalue weighted by molar-refractivity contribution is 0.217. The molecule has 6 nitrogen and oxygen atoms in total. The third-order valence-electron chi connectivity index (χ3n) is 5.05. The fraction of sp³-hybridized carbons (Fsp3) is 0.650. The van der Waals surface area contributed by atoms with Crippen LogP contribution in [0.25, 0.3) is 0 Å². The minimum absolute atomic E-state index is 0.457. The van der Waals surface area contributed by atoms with Crippen LogP contribution >= 0.6 is 0 Å². The second kappa shape index (κ2) is 11.6. The monoisotopic (exact) mass is 359 g/mol. The number of nitrogens with two attached hydrogens (primary N) is 1. The van der Waals surface area contributed by atoms with Crippen molar-refractivity contribution in [1.29, 1.82) is 0 Å². The summed E-state index contributed by atoms with van der Waals surface area (Å²) in [5.41, 5.74) is 1.57. The molecule has 0 unspecified atom stereocenters. The summed E-state index contributed by atoms with van der Waals surface area (Å²) in [6.07, 6.45) is 13.3. The van der Waals surface area contributed by atoms with Gasteiger partial charge in [0.05, 0.1) is 30.0 Å². The van der Waals surface area contributed by atoms with Crippen LogP contribution in [0.2, 0.25) is 0 Å². The van der Waals surface area contributed by atoms with Gasteiger partial charge in [-0.3, -0.25) is 9.98 Å². The van der Waals surface area contributed by atoms with Crippen molar-refractivity contribution in [3.8, 4) is 5.75 Å². The zero-order valence-corrected chi connectivity index (χ0v) is 16.2. The van der Waals surface area contributed by atoms with Crippen LogP contribution in [-0.4, -0.2) is 36.1 Å². The minimum Gasteiger partial charge on any atom is -0.490 e. The summed E-state index contributed by atoms with van der Waals surface area (Å²) >= 11 is 0. The first-order valence-electron chi connectivity index (χ1n) is 9.87. The predicted molar refractivity (Wildman–Crippen MR) is 108 cm³/mol. The molecule has 6 heteroatoms. The second-order valence-electron chi connectivity index (χ2n) is 6.94. The van der Waals surface area contributed by atoms with E-state index in [0.717, 1.165) is 42.5 Å². The van der Waals surface area contributed by atoms with Gasteiger partial charge >= 0.3 is 0 Å². The molecule has 26 heavy (non-hydrogen) atoms. The number of hydrogen-bond acceptors (Lipinski definition) is 6. The highest BCUT2D eigenvalue weighted by Crippen LogP contribution is 2.19. The molecule has 0 amide bonds. The fourth-order valence-corrected chi connectivity index (χ4v) is 2.99. The normalized spacial score (nSPS) is 17.7. The van der Waals surface area contributed by atoms with Crippen LogP contribution in [0.5, 0.6) is 5.75 Å². The van der Waals surface area contributed by atoms with Crippen LogP contribution < -0.4 is 15.9 Å². The van der Waals surface area contributed by atoms with Crippen molar-refractivity contribution in [2.24, 2.45) is 21.9 Å². The Kier molecular flexibility index (Phi) is 9.10. The zero-order valence-electron chi connectivity index (χ0n) is 16.2. The van der Waals surface area contributed by atoms with Crippen molar-refractivity contribution in [1.82, 2.24) is 10.3 Å². The molecule has 1 saturated heterocycles. The molecule has 0 aromatic carbocycles. The molecule has 2 heterocycles. The van der Waals surface area contributed by atoms with Crippen molar-refractivity contribution in [3.05, 3.63) is 18.5 Å². The average Bonchev–Trinajstić information content (AvgIpc) is 2.63. The highest BCUT2D eigenvalue weighted by molar-refractivity contribution is 6.30. The third kappa shape index (κ3) is 7.12. The highest BCUT2D eigenvalue weighted by Gasteiger charge is 2.16. The van der Waals surface area contributed by atoms with E-state index in [4.69, 9.17) is 10.6 Å². The van der Waals surface area contributed by atoms with Gasteiger partial charge in [-0.05, 0) is 31.7 Å². The summed E-state index contributed by atoms with van der Waals surface area (Å²) in [7, 11) is 0. The minimum atomic E-state index is 0.457. The van der Waals surface area contributed by atoms with Crippen LogP contribution in [-0.2, 0) is 0 Å². The maximum absolute atomic E-state index is 5.75. The first-order valence-corrected chi connectivity index (χ1v) is 9.87. The third-order valence-corrected chi connectivity index (χ3v) is 5.05. The summed E-state index contributed by atoms with van der Waals surface area (Å²) in [4.78, 5) is 8.65. The molecule has 1 aromatic rings. The van der Waals surface area contributed by atoms with Gasteiger partial charge in [0.15, 0.2) is 0 Å². The standard InChI is InChI=1S/C20H33N5O/c1-3-16(4-2)7-5-6-8-17(25-21)13-24-19-11-20(14-22-12-19)26-15-18-9-10-23-18/h11-14,16,18,23H,3-10,15,21H2,1-2H3/t18-/m0/s1. The Balaban J connectivity index is 1.76. The SMILES string of the molecule is CCC(CC)CCCCC(C=Nc1cncc(OC[C@@H]2CCN2)c1)=NN. The molecule has 1 aliphatic heterocycles. The molecule has 1 atom stereocenters. The first-order chi connectivity index (χ1) is 12.7. The maximum Gasteiger partial charge on any atom is 0.139 e. The number of aliphatic imine (C=N–C) groups is 1. The molecule has 0 radical (unpaired) electrons. The second-order valence-corrected chi connectivity index (χ2v) is 6.94. The molecule has 1 fully saturated rings. The molecule has 1 aliphatic rings. The van der Waals surface area contributed by atoms with Gasteiger partial charge in [-0.15, -0.1) is 0 Å². The van der Waals surface area contributed by atoms with Crippen molar-refractivity contribution < 1.29 is 4.74 Å². The smallest absolute Gasteiger partial charge is 0.139 e. The van der Waals surface area contributed by atoms with E-state index in [1.807, 2.05) is 6.07 Å². The Morgan fingerprint density at radius 1 is 1.38 bits per heavy atom. The molecule has 144 valence electrons. The number of pyridine rings is 1. The van der Waals surface area contributed by atoms with E-state index in [2.05, 4.69) is 34.2 Å². The Morgan fingerprint density at radius 3 is 2.85 bits per heavy atom. The number of unbranched alkanes of at least 4 members (excludes halogenated alkanes) is 1. The first kappa shape index (κ1) is 20.4. The summed E-state index contributed by atoms with van der Waals surface area (Å²) in [5.74, 6) is 7.09. The lowest BCUT2D eigenvalue weighted by Gasteiger charge is -2.27. The lowest BCUT2D eigenvalue weighted by Crippen LogP contribution is -2.46. The summed E-state index contributed by atoms with van der Waals surface area (Å²) < 4.78 is 5.75. The lowest BCUT2D eigenvalue weighted by atomic mass is 9.96. The molecular formula is C20H33N5O. The van der Waals surface area contributed by atoms with Gasteiger partial charge in [-0.2, -0.15) is 5.10 Å². The van der Waals surface area contributed by atoms with E-state index in [0.29, 0.717) is 12.6 Å². The van der Waals surface area contributed by atoms with E-state index >= 15 is 0 Å². The topological polar surface area (TPSA) is 84.9 Å². The van der Waals surface area contributed by atoms with Gasteiger partial charge in [0.2, 0.25) is 0 Å². The van der Waals surface area contributed by atoms with E-state index in [-0.39, 0.29) is 0 Å². The van der Waals surface area contributed by atoms with Crippen molar-refractivity contribution >= 4 is 17.6 Å². The maximum atomic E-state index is 5.75. The molecule has 2 rings (SSSR count). The Labute approximate surface area is 157 Å². The number of hydrogen-bond donors (Lipinski definition) is 2. The molecule has 0 saturated carbocycles. The van der Waals surface area contributed by atoms with Crippen LogP contribution in [0.1, 0.15) is 58.8 Å². The van der Waals surface area contributed by atoms with E-state index in [9.17, 15) is 0 Å². The summed E-state index contributed by atoms with van der Waals surface area (Å²) in [5, 5.41) is 7.18. The average molecular weight is 360 g/mol. The van der Waals surface area contributed by atoms with Gasteiger partial charge < -0.3 is 15.9 Å². The zero-order chi connectivity index (χ0) is 18.6. The number of rotatable bonds is 12. The summed E-state index contributed by atoms with van der Waals surface area (Å²) in [6, 6.07) is 2.35. The summed E-state index contributed by atoms with van der Waals surface area (Å²) in [6.45, 7) is 6.28. The van der Waals surface area contributed by atoms with E-state index in [1.165, 1.54) is 32.1 Å². The molecule has 0 bridgehead atoms. The van der Waals surface area contributed by atoms with Gasteiger partial charge in [0.1, 0.15) is 12.4 Å². The molecule has 0 spiro atoms. The Morgan fingerprint density at radius 2 is 2.19 bits per heavy atom. The highest BCUT2D eigenvalue weighted by atomic mass is 16.5. The number of aromatic nitrogens is 1. The fourth-order valence-electron chi connectivity index (χ4n) is 2.99. The largest absolute Gasteiger partial charge is 0.490 e.